The van der Waals surface area contributed by atoms with Crippen LogP contribution in [0.25, 0.3) is 11.5 Å². The molecule has 3 aromatic rings. The Labute approximate surface area is 161 Å². The van der Waals surface area contributed by atoms with Gasteiger partial charge in [0, 0.05) is 37.0 Å². The number of nitrogens with zero attached hydrogens (tertiary/aromatic N) is 4. The van der Waals surface area contributed by atoms with Gasteiger partial charge in [-0.15, -0.1) is 0 Å². The zero-order valence-corrected chi connectivity index (χ0v) is 15.3. The molecule has 144 valence electrons. The molecule has 1 fully saturated rings. The van der Waals surface area contributed by atoms with E-state index in [1.165, 1.54) is 6.07 Å². The summed E-state index contributed by atoms with van der Waals surface area (Å²) in [5.41, 5.74) is 1.62. The van der Waals surface area contributed by atoms with E-state index in [4.69, 9.17) is 4.52 Å². The quantitative estimate of drug-likeness (QED) is 0.514. The molecule has 9 nitrogen and oxygen atoms in total. The first-order valence-corrected chi connectivity index (χ1v) is 8.97. The topological polar surface area (TPSA) is 109 Å². The zero-order chi connectivity index (χ0) is 19.5. The van der Waals surface area contributed by atoms with Crippen LogP contribution in [0, 0.1) is 10.1 Å². The molecule has 1 aliphatic rings. The van der Waals surface area contributed by atoms with Crippen molar-refractivity contribution in [1.82, 2.24) is 20.4 Å². The van der Waals surface area contributed by atoms with Gasteiger partial charge in [0.2, 0.25) is 0 Å². The van der Waals surface area contributed by atoms with Gasteiger partial charge in [0.05, 0.1) is 11.0 Å². The van der Waals surface area contributed by atoms with Crippen molar-refractivity contribution in [2.24, 2.45) is 0 Å². The van der Waals surface area contributed by atoms with Crippen LogP contribution >= 0.6 is 0 Å². The minimum atomic E-state index is -0.426. The molecule has 2 N–H and O–H groups in total. The second kappa shape index (κ2) is 7.75. The summed E-state index contributed by atoms with van der Waals surface area (Å²) in [4.78, 5) is 17.8. The van der Waals surface area contributed by atoms with Crippen LogP contribution in [0.3, 0.4) is 0 Å². The highest BCUT2D eigenvalue weighted by Crippen LogP contribution is 2.32. The molecule has 1 saturated heterocycles. The lowest BCUT2D eigenvalue weighted by Crippen LogP contribution is -2.44. The summed E-state index contributed by atoms with van der Waals surface area (Å²) in [5, 5.41) is 22.0. The van der Waals surface area contributed by atoms with Crippen molar-refractivity contribution in [1.29, 1.82) is 0 Å². The normalized spacial score (nSPS) is 17.4. The third-order valence-electron chi connectivity index (χ3n) is 4.74. The van der Waals surface area contributed by atoms with E-state index in [1.807, 2.05) is 37.4 Å². The number of hydrogen-bond acceptors (Lipinski definition) is 8. The minimum absolute atomic E-state index is 0.0141. The monoisotopic (exact) mass is 380 g/mol. The third-order valence-corrected chi connectivity index (χ3v) is 4.74. The first-order valence-electron chi connectivity index (χ1n) is 8.97. The van der Waals surface area contributed by atoms with E-state index in [1.54, 1.807) is 12.1 Å². The number of anilines is 2. The number of piperazine rings is 1. The molecule has 0 radical (unpaired) electrons. The van der Waals surface area contributed by atoms with Crippen molar-refractivity contribution in [3.63, 3.8) is 0 Å². The van der Waals surface area contributed by atoms with Gasteiger partial charge in [-0.3, -0.25) is 15.0 Å². The van der Waals surface area contributed by atoms with Crippen molar-refractivity contribution < 1.29 is 9.45 Å². The van der Waals surface area contributed by atoms with Gasteiger partial charge in [-0.2, -0.15) is 4.98 Å². The molecule has 1 aromatic heterocycles. The lowest BCUT2D eigenvalue weighted by Gasteiger charge is -2.30. The Hall–Kier alpha value is -3.30. The van der Waals surface area contributed by atoms with Gasteiger partial charge in [0.15, 0.2) is 5.82 Å². The van der Waals surface area contributed by atoms with Crippen molar-refractivity contribution >= 4 is 17.1 Å². The number of hydrogen-bond donors (Lipinski definition) is 2. The van der Waals surface area contributed by atoms with E-state index in [0.29, 0.717) is 17.1 Å². The highest BCUT2D eigenvalue weighted by molar-refractivity contribution is 5.74. The Kier molecular flexibility index (Phi) is 5.00. The smallest absolute Gasteiger partial charge is 0.293 e. The molecule has 4 rings (SSSR count). The van der Waals surface area contributed by atoms with Gasteiger partial charge >= 0.3 is 0 Å². The largest absolute Gasteiger partial charge is 0.350 e. The maximum absolute atomic E-state index is 11.6. The fraction of sp³-hybridized carbons (Fsp3) is 0.263. The van der Waals surface area contributed by atoms with Gasteiger partial charge < -0.3 is 15.2 Å². The van der Waals surface area contributed by atoms with Gasteiger partial charge in [-0.1, -0.05) is 23.4 Å². The van der Waals surface area contributed by atoms with E-state index in [0.717, 1.165) is 25.3 Å². The van der Waals surface area contributed by atoms with E-state index in [2.05, 4.69) is 25.7 Å². The molecule has 9 heteroatoms. The van der Waals surface area contributed by atoms with Gasteiger partial charge in [-0.25, -0.2) is 0 Å². The third kappa shape index (κ3) is 3.71. The zero-order valence-electron chi connectivity index (χ0n) is 15.3. The van der Waals surface area contributed by atoms with E-state index < -0.39 is 4.92 Å². The minimum Gasteiger partial charge on any atom is -0.350 e. The van der Waals surface area contributed by atoms with Crippen LogP contribution in [0.1, 0.15) is 11.9 Å². The molecule has 28 heavy (non-hydrogen) atoms. The van der Waals surface area contributed by atoms with Gasteiger partial charge in [0.25, 0.3) is 11.6 Å². The Morgan fingerprint density at radius 3 is 2.86 bits per heavy atom. The predicted octanol–water partition coefficient (Wildman–Crippen LogP) is 2.96. The average Bonchev–Trinajstić information content (AvgIpc) is 3.19. The van der Waals surface area contributed by atoms with Crippen molar-refractivity contribution in [2.75, 3.05) is 32.0 Å². The molecule has 0 saturated carbocycles. The average molecular weight is 380 g/mol. The van der Waals surface area contributed by atoms with Crippen LogP contribution in [0.5, 0.6) is 0 Å². The standard InChI is InChI=1S/C19H20N6O3/c1-24-10-9-20-12-17(24)18-22-19(28-23-18)13-7-8-15(16(11-13)25(26)27)21-14-5-3-2-4-6-14/h2-8,11,17,20-21H,9-10,12H2,1H3. The van der Waals surface area contributed by atoms with Crippen molar-refractivity contribution in [3.8, 4) is 11.5 Å². The Bertz CT molecular complexity index is 975. The van der Waals surface area contributed by atoms with Crippen LogP contribution in [-0.2, 0) is 0 Å². The predicted molar refractivity (Wildman–Crippen MR) is 104 cm³/mol. The first-order chi connectivity index (χ1) is 13.6. The van der Waals surface area contributed by atoms with Crippen molar-refractivity contribution in [2.45, 2.75) is 6.04 Å². The second-order valence-corrected chi connectivity index (χ2v) is 6.64. The van der Waals surface area contributed by atoms with E-state index in [9.17, 15) is 10.1 Å². The summed E-state index contributed by atoms with van der Waals surface area (Å²) in [6, 6.07) is 14.1. The highest BCUT2D eigenvalue weighted by Gasteiger charge is 2.26. The number of para-hydroxylation sites is 1. The van der Waals surface area contributed by atoms with Crippen LogP contribution in [0.15, 0.2) is 53.1 Å². The number of rotatable bonds is 5. The lowest BCUT2D eigenvalue weighted by atomic mass is 10.1. The molecular formula is C19H20N6O3. The van der Waals surface area contributed by atoms with Crippen LogP contribution < -0.4 is 10.6 Å². The molecule has 1 unspecified atom stereocenters. The maximum atomic E-state index is 11.6. The summed E-state index contributed by atoms with van der Waals surface area (Å²) in [6.07, 6.45) is 0. The molecule has 0 aliphatic carbocycles. The van der Waals surface area contributed by atoms with Crippen LogP contribution in [0.2, 0.25) is 0 Å². The SMILES string of the molecule is CN1CCNCC1c1noc(-c2ccc(Nc3ccccc3)c([N+](=O)[O-])c2)n1. The molecule has 1 atom stereocenters. The number of nitro groups is 1. The van der Waals surface area contributed by atoms with Crippen LogP contribution in [-0.4, -0.2) is 46.6 Å². The fourth-order valence-corrected chi connectivity index (χ4v) is 3.18. The number of nitro benzene ring substituents is 1. The maximum Gasteiger partial charge on any atom is 0.293 e. The van der Waals surface area contributed by atoms with Crippen molar-refractivity contribution in [3.05, 3.63) is 64.5 Å². The van der Waals surface area contributed by atoms with Gasteiger partial charge in [0.1, 0.15) is 5.69 Å². The second-order valence-electron chi connectivity index (χ2n) is 6.64. The highest BCUT2D eigenvalue weighted by atomic mass is 16.6. The molecular weight excluding hydrogens is 360 g/mol. The summed E-state index contributed by atoms with van der Waals surface area (Å²) in [5.74, 6) is 0.835. The van der Waals surface area contributed by atoms with E-state index in [-0.39, 0.29) is 17.6 Å². The van der Waals surface area contributed by atoms with E-state index >= 15 is 0 Å². The molecule has 0 bridgehead atoms. The van der Waals surface area contributed by atoms with Gasteiger partial charge in [-0.05, 0) is 31.3 Å². The molecule has 2 aromatic carbocycles. The number of aromatic nitrogens is 2. The summed E-state index contributed by atoms with van der Waals surface area (Å²) >= 11 is 0. The summed E-state index contributed by atoms with van der Waals surface area (Å²) < 4.78 is 5.39. The Balaban J connectivity index is 1.62. The number of likely N-dealkylation sites (N-methyl/N-ethyl adjacent to an activating group) is 1. The molecule has 0 amide bonds. The Morgan fingerprint density at radius 1 is 1.29 bits per heavy atom. The molecule has 2 heterocycles. The number of benzene rings is 2. The molecule has 0 spiro atoms. The van der Waals surface area contributed by atoms with Crippen LogP contribution in [0.4, 0.5) is 17.1 Å². The lowest BCUT2D eigenvalue weighted by molar-refractivity contribution is -0.383. The molecule has 1 aliphatic heterocycles. The first kappa shape index (κ1) is 18.1. The fourth-order valence-electron chi connectivity index (χ4n) is 3.18. The Morgan fingerprint density at radius 2 is 2.11 bits per heavy atom. The summed E-state index contributed by atoms with van der Waals surface area (Å²) in [7, 11) is 2.01. The summed E-state index contributed by atoms with van der Waals surface area (Å²) in [6.45, 7) is 2.54. The number of nitrogens with one attached hydrogen (secondary N) is 2.